The molecule has 0 radical (unpaired) electrons. The van der Waals surface area contributed by atoms with Crippen molar-refractivity contribution in [3.8, 4) is 0 Å². The first-order valence-electron chi connectivity index (χ1n) is 8.30. The monoisotopic (exact) mass is 289 g/mol. The molecule has 1 aliphatic rings. The predicted octanol–water partition coefficient (Wildman–Crippen LogP) is 2.61. The molecule has 3 nitrogen and oxygen atoms in total. The topological polar surface area (TPSA) is 18.5 Å². The van der Waals surface area contributed by atoms with Crippen molar-refractivity contribution in [3.63, 3.8) is 0 Å². The van der Waals surface area contributed by atoms with Crippen LogP contribution in [0.3, 0.4) is 0 Å². The van der Waals surface area contributed by atoms with Crippen LogP contribution in [0, 0.1) is 5.92 Å². The minimum absolute atomic E-state index is 0.439. The Morgan fingerprint density at radius 3 is 2.14 bits per heavy atom. The van der Waals surface area contributed by atoms with E-state index in [2.05, 4.69) is 73.3 Å². The van der Waals surface area contributed by atoms with Crippen molar-refractivity contribution in [1.29, 1.82) is 0 Å². The number of hydrogen-bond acceptors (Lipinski definition) is 3. The largest absolute Gasteiger partial charge is 0.313 e. The van der Waals surface area contributed by atoms with Gasteiger partial charge in [0.2, 0.25) is 0 Å². The highest BCUT2D eigenvalue weighted by Crippen LogP contribution is 2.22. The lowest BCUT2D eigenvalue weighted by molar-refractivity contribution is 0.0937. The van der Waals surface area contributed by atoms with Crippen molar-refractivity contribution < 1.29 is 0 Å². The molecule has 0 bridgehead atoms. The van der Waals surface area contributed by atoms with Gasteiger partial charge in [-0.05, 0) is 32.4 Å². The highest BCUT2D eigenvalue weighted by atomic mass is 15.3. The van der Waals surface area contributed by atoms with Gasteiger partial charge in [0, 0.05) is 44.8 Å². The number of benzene rings is 1. The standard InChI is InChI=1S/C18H31N3/c1-15(2)21-12-10-20(11-13-21)14-16(3)18(19-4)17-8-6-5-7-9-17/h5-9,15-16,18-19H,10-14H2,1-4H3. The fourth-order valence-electron chi connectivity index (χ4n) is 3.42. The maximum atomic E-state index is 3.50. The Bertz CT molecular complexity index is 396. The van der Waals surface area contributed by atoms with Gasteiger partial charge in [-0.3, -0.25) is 4.90 Å². The summed E-state index contributed by atoms with van der Waals surface area (Å²) in [7, 11) is 2.07. The van der Waals surface area contributed by atoms with Gasteiger partial charge in [-0.15, -0.1) is 0 Å². The quantitative estimate of drug-likeness (QED) is 0.868. The summed E-state index contributed by atoms with van der Waals surface area (Å²) in [5, 5.41) is 3.50. The van der Waals surface area contributed by atoms with Gasteiger partial charge in [0.15, 0.2) is 0 Å². The third-order valence-corrected chi connectivity index (χ3v) is 4.72. The van der Waals surface area contributed by atoms with Gasteiger partial charge in [-0.1, -0.05) is 37.3 Å². The van der Waals surface area contributed by atoms with Crippen LogP contribution in [0.2, 0.25) is 0 Å². The Morgan fingerprint density at radius 2 is 1.62 bits per heavy atom. The molecule has 1 aromatic rings. The van der Waals surface area contributed by atoms with E-state index in [-0.39, 0.29) is 0 Å². The predicted molar refractivity (Wildman–Crippen MR) is 90.6 cm³/mol. The van der Waals surface area contributed by atoms with E-state index in [1.165, 1.54) is 38.3 Å². The Morgan fingerprint density at radius 1 is 1.00 bits per heavy atom. The molecule has 0 spiro atoms. The zero-order valence-electron chi connectivity index (χ0n) is 14.0. The Labute approximate surface area is 130 Å². The number of hydrogen-bond donors (Lipinski definition) is 1. The van der Waals surface area contributed by atoms with Gasteiger partial charge in [0.25, 0.3) is 0 Å². The van der Waals surface area contributed by atoms with Gasteiger partial charge in [-0.2, -0.15) is 0 Å². The summed E-state index contributed by atoms with van der Waals surface area (Å²) in [6.07, 6.45) is 0. The van der Waals surface area contributed by atoms with E-state index >= 15 is 0 Å². The van der Waals surface area contributed by atoms with Gasteiger partial charge >= 0.3 is 0 Å². The molecule has 0 saturated carbocycles. The minimum Gasteiger partial charge on any atom is -0.313 e. The van der Waals surface area contributed by atoms with Gasteiger partial charge in [0.05, 0.1) is 0 Å². The van der Waals surface area contributed by atoms with Gasteiger partial charge in [0.1, 0.15) is 0 Å². The minimum atomic E-state index is 0.439. The van der Waals surface area contributed by atoms with E-state index in [1.807, 2.05) is 0 Å². The fraction of sp³-hybridized carbons (Fsp3) is 0.667. The van der Waals surface area contributed by atoms with Crippen LogP contribution in [0.4, 0.5) is 0 Å². The molecule has 1 aliphatic heterocycles. The fourth-order valence-corrected chi connectivity index (χ4v) is 3.42. The molecule has 1 fully saturated rings. The summed E-state index contributed by atoms with van der Waals surface area (Å²) < 4.78 is 0. The van der Waals surface area contributed by atoms with Crippen LogP contribution in [-0.2, 0) is 0 Å². The smallest absolute Gasteiger partial charge is 0.0355 e. The lowest BCUT2D eigenvalue weighted by atomic mass is 9.94. The van der Waals surface area contributed by atoms with Crippen molar-refractivity contribution in [2.75, 3.05) is 39.8 Å². The summed E-state index contributed by atoms with van der Waals surface area (Å²) in [5.41, 5.74) is 1.40. The molecule has 0 aliphatic carbocycles. The summed E-state index contributed by atoms with van der Waals surface area (Å²) in [6, 6.07) is 11.9. The molecule has 2 atom stereocenters. The van der Waals surface area contributed by atoms with Crippen LogP contribution in [0.1, 0.15) is 32.4 Å². The lowest BCUT2D eigenvalue weighted by Gasteiger charge is -2.39. The molecular formula is C18H31N3. The maximum absolute atomic E-state index is 3.50. The number of rotatable bonds is 6. The van der Waals surface area contributed by atoms with Gasteiger partial charge in [-0.25, -0.2) is 0 Å². The second kappa shape index (κ2) is 7.92. The van der Waals surface area contributed by atoms with Crippen LogP contribution in [0.25, 0.3) is 0 Å². The number of nitrogens with zero attached hydrogens (tertiary/aromatic N) is 2. The third-order valence-electron chi connectivity index (χ3n) is 4.72. The first-order chi connectivity index (χ1) is 10.1. The van der Waals surface area contributed by atoms with Crippen LogP contribution in [0.15, 0.2) is 30.3 Å². The highest BCUT2D eigenvalue weighted by molar-refractivity contribution is 5.19. The molecular weight excluding hydrogens is 258 g/mol. The van der Waals surface area contributed by atoms with Crippen molar-refractivity contribution >= 4 is 0 Å². The molecule has 2 unspecified atom stereocenters. The molecule has 1 heterocycles. The van der Waals surface area contributed by atoms with Crippen LogP contribution < -0.4 is 5.32 Å². The Hall–Kier alpha value is -0.900. The highest BCUT2D eigenvalue weighted by Gasteiger charge is 2.23. The first kappa shape index (κ1) is 16.5. The van der Waals surface area contributed by atoms with Crippen molar-refractivity contribution in [2.24, 2.45) is 5.92 Å². The molecule has 2 rings (SSSR count). The third kappa shape index (κ3) is 4.53. The van der Waals surface area contributed by atoms with E-state index < -0.39 is 0 Å². The summed E-state index contributed by atoms with van der Waals surface area (Å²) in [6.45, 7) is 13.0. The molecule has 21 heavy (non-hydrogen) atoms. The van der Waals surface area contributed by atoms with E-state index in [4.69, 9.17) is 0 Å². The zero-order valence-corrected chi connectivity index (χ0v) is 14.0. The molecule has 3 heteroatoms. The first-order valence-corrected chi connectivity index (χ1v) is 8.30. The van der Waals surface area contributed by atoms with E-state index in [1.54, 1.807) is 0 Å². The summed E-state index contributed by atoms with van der Waals surface area (Å²) in [5.74, 6) is 0.614. The van der Waals surface area contributed by atoms with E-state index in [0.717, 1.165) is 0 Å². The summed E-state index contributed by atoms with van der Waals surface area (Å²) >= 11 is 0. The summed E-state index contributed by atoms with van der Waals surface area (Å²) in [4.78, 5) is 5.20. The van der Waals surface area contributed by atoms with Crippen LogP contribution in [0.5, 0.6) is 0 Å². The molecule has 1 saturated heterocycles. The van der Waals surface area contributed by atoms with Crippen molar-refractivity contribution in [1.82, 2.24) is 15.1 Å². The molecule has 0 amide bonds. The van der Waals surface area contributed by atoms with Crippen LogP contribution in [-0.4, -0.2) is 55.6 Å². The second-order valence-corrected chi connectivity index (χ2v) is 6.58. The molecule has 0 aromatic heterocycles. The maximum Gasteiger partial charge on any atom is 0.0355 e. The zero-order chi connectivity index (χ0) is 15.2. The molecule has 1 aromatic carbocycles. The second-order valence-electron chi connectivity index (χ2n) is 6.58. The SMILES string of the molecule is CNC(c1ccccc1)C(C)CN1CCN(C(C)C)CC1. The van der Waals surface area contributed by atoms with Gasteiger partial charge < -0.3 is 10.2 Å². The van der Waals surface area contributed by atoms with Crippen molar-refractivity contribution in [2.45, 2.75) is 32.9 Å². The normalized spacial score (nSPS) is 20.6. The number of piperazine rings is 1. The average Bonchev–Trinajstić information content (AvgIpc) is 2.49. The lowest BCUT2D eigenvalue weighted by Crippen LogP contribution is -2.50. The van der Waals surface area contributed by atoms with Crippen molar-refractivity contribution in [3.05, 3.63) is 35.9 Å². The number of nitrogens with one attached hydrogen (secondary N) is 1. The van der Waals surface area contributed by atoms with Crippen LogP contribution >= 0.6 is 0 Å². The Kier molecular flexibility index (Phi) is 6.22. The molecule has 1 N–H and O–H groups in total. The Balaban J connectivity index is 1.87. The van der Waals surface area contributed by atoms with E-state index in [0.29, 0.717) is 18.0 Å². The molecule has 118 valence electrons. The van der Waals surface area contributed by atoms with E-state index in [9.17, 15) is 0 Å². The average molecular weight is 289 g/mol.